The lowest BCUT2D eigenvalue weighted by molar-refractivity contribution is -0.177. The van der Waals surface area contributed by atoms with Gasteiger partial charge >= 0.3 is 0 Å². The zero-order valence-electron chi connectivity index (χ0n) is 17.2. The number of β-lactam (4-membered cyclic amide) rings is 1. The van der Waals surface area contributed by atoms with Crippen LogP contribution in [0.15, 0.2) is 72.8 Å². The number of hydrogen-bond donors (Lipinski definition) is 0. The van der Waals surface area contributed by atoms with Crippen LogP contribution in [0.1, 0.15) is 16.7 Å². The number of likely N-dealkylation sites (N-methyl/N-ethyl adjacent to an activating group) is 1. The number of rotatable bonds is 3. The van der Waals surface area contributed by atoms with Gasteiger partial charge in [0.1, 0.15) is 17.8 Å². The molecule has 0 aliphatic carbocycles. The van der Waals surface area contributed by atoms with Gasteiger partial charge in [-0.3, -0.25) is 9.59 Å². The van der Waals surface area contributed by atoms with Gasteiger partial charge in [-0.05, 0) is 42.8 Å². The minimum absolute atomic E-state index is 0.0374. The monoisotopic (exact) mass is 432 g/mol. The Hall–Kier alpha value is -3.31. The Kier molecular flexibility index (Phi) is 4.52. The number of carbonyl (C=O) groups excluding carboxylic acids is 2. The van der Waals surface area contributed by atoms with E-state index in [-0.39, 0.29) is 18.4 Å². The summed E-state index contributed by atoms with van der Waals surface area (Å²) in [4.78, 5) is 29.5. The molecule has 2 heterocycles. The number of amides is 2. The highest BCUT2D eigenvalue weighted by atomic mass is 35.5. The molecule has 0 unspecified atom stereocenters. The average molecular weight is 433 g/mol. The van der Waals surface area contributed by atoms with Crippen molar-refractivity contribution in [3.63, 3.8) is 0 Å². The number of fused-ring (bicyclic) bond motifs is 3. The van der Waals surface area contributed by atoms with Gasteiger partial charge in [-0.15, -0.1) is 0 Å². The average Bonchev–Trinajstić information content (AvgIpc) is 2.86. The molecule has 0 saturated carbocycles. The highest BCUT2D eigenvalue weighted by Crippen LogP contribution is 2.53. The summed E-state index contributed by atoms with van der Waals surface area (Å²) in [6.45, 7) is 1.96. The lowest BCUT2D eigenvalue weighted by Gasteiger charge is -2.56. The number of ether oxygens (including phenoxy) is 1. The molecule has 5 nitrogen and oxygen atoms in total. The summed E-state index contributed by atoms with van der Waals surface area (Å²) in [6, 6.07) is 22.7. The molecule has 31 heavy (non-hydrogen) atoms. The second-order valence-corrected chi connectivity index (χ2v) is 8.42. The van der Waals surface area contributed by atoms with Crippen molar-refractivity contribution in [2.24, 2.45) is 0 Å². The molecule has 5 rings (SSSR count). The molecule has 0 spiro atoms. The van der Waals surface area contributed by atoms with E-state index in [0.717, 1.165) is 16.7 Å². The molecule has 2 amide bonds. The number of anilines is 1. The van der Waals surface area contributed by atoms with Crippen LogP contribution in [0.2, 0.25) is 5.02 Å². The molecular weight excluding hydrogens is 412 g/mol. The fourth-order valence-electron chi connectivity index (χ4n) is 4.58. The van der Waals surface area contributed by atoms with Crippen molar-refractivity contribution in [2.45, 2.75) is 18.6 Å². The second kappa shape index (κ2) is 7.13. The molecule has 0 N–H and O–H groups in total. The molecule has 6 heteroatoms. The van der Waals surface area contributed by atoms with Crippen LogP contribution in [0.25, 0.3) is 0 Å². The van der Waals surface area contributed by atoms with Gasteiger partial charge in [0.15, 0.2) is 0 Å². The van der Waals surface area contributed by atoms with Crippen molar-refractivity contribution in [1.82, 2.24) is 4.90 Å². The van der Waals surface area contributed by atoms with Crippen LogP contribution in [0.3, 0.4) is 0 Å². The smallest absolute Gasteiger partial charge is 0.268 e. The van der Waals surface area contributed by atoms with Crippen molar-refractivity contribution in [3.05, 3.63) is 94.5 Å². The number of halogens is 1. The third-order valence-electron chi connectivity index (χ3n) is 6.18. The van der Waals surface area contributed by atoms with Crippen LogP contribution >= 0.6 is 11.6 Å². The zero-order chi connectivity index (χ0) is 21.8. The van der Waals surface area contributed by atoms with Crippen LogP contribution in [0.5, 0.6) is 5.75 Å². The normalized spacial score (nSPS) is 22.4. The molecular formula is C25H21ClN2O3. The maximum atomic E-state index is 13.3. The fraction of sp³-hybridized carbons (Fsp3) is 0.200. The van der Waals surface area contributed by atoms with Crippen LogP contribution in [-0.2, 0) is 15.1 Å². The van der Waals surface area contributed by atoms with E-state index in [9.17, 15) is 9.59 Å². The van der Waals surface area contributed by atoms with Gasteiger partial charge in [0.05, 0.1) is 0 Å². The Balaban J connectivity index is 1.76. The van der Waals surface area contributed by atoms with E-state index in [2.05, 4.69) is 0 Å². The van der Waals surface area contributed by atoms with Crippen LogP contribution in [0, 0.1) is 6.92 Å². The van der Waals surface area contributed by atoms with Gasteiger partial charge < -0.3 is 14.5 Å². The maximum Gasteiger partial charge on any atom is 0.268 e. The Morgan fingerprint density at radius 1 is 1.00 bits per heavy atom. The Labute approximate surface area is 185 Å². The summed E-state index contributed by atoms with van der Waals surface area (Å²) >= 11 is 6.41. The van der Waals surface area contributed by atoms with Crippen LogP contribution in [0.4, 0.5) is 5.69 Å². The SMILES string of the molecule is Cc1ccc(O[C@@H]2C(=O)N3CC(=O)N(C)c4ccc(Cl)cc4[C@]23c2ccccc2)cc1. The quantitative estimate of drug-likeness (QED) is 0.584. The van der Waals surface area contributed by atoms with Crippen molar-refractivity contribution < 1.29 is 14.3 Å². The summed E-state index contributed by atoms with van der Waals surface area (Å²) in [5.74, 6) is 0.217. The number of nitrogens with zero attached hydrogens (tertiary/aromatic N) is 2. The lowest BCUT2D eigenvalue weighted by Crippen LogP contribution is -2.74. The maximum absolute atomic E-state index is 13.3. The first-order valence-corrected chi connectivity index (χ1v) is 10.5. The molecule has 2 atom stereocenters. The number of benzene rings is 3. The van der Waals surface area contributed by atoms with Crippen LogP contribution in [-0.4, -0.2) is 36.4 Å². The molecule has 3 aromatic carbocycles. The first-order valence-electron chi connectivity index (χ1n) is 10.1. The number of hydrogen-bond acceptors (Lipinski definition) is 3. The molecule has 2 aliphatic heterocycles. The Morgan fingerprint density at radius 3 is 2.42 bits per heavy atom. The standard InChI is InChI=1S/C25H21ClN2O3/c1-16-8-11-19(12-9-16)31-23-24(30)28-15-22(29)27(2)21-13-10-18(26)14-20(21)25(23,28)17-6-4-3-5-7-17/h3-14,23H,15H2,1-2H3/t23-,25-/m1/s1. The van der Waals surface area contributed by atoms with Crippen molar-refractivity contribution in [1.29, 1.82) is 0 Å². The summed E-state index contributed by atoms with van der Waals surface area (Å²) in [7, 11) is 1.72. The van der Waals surface area contributed by atoms with Crippen molar-refractivity contribution >= 4 is 29.1 Å². The molecule has 0 aromatic heterocycles. The molecule has 2 aliphatic rings. The molecule has 1 fully saturated rings. The van der Waals surface area contributed by atoms with Gasteiger partial charge in [-0.1, -0.05) is 59.6 Å². The third kappa shape index (κ3) is 2.84. The molecule has 0 bridgehead atoms. The molecule has 156 valence electrons. The van der Waals surface area contributed by atoms with E-state index in [0.29, 0.717) is 16.5 Å². The minimum Gasteiger partial charge on any atom is -0.477 e. The van der Waals surface area contributed by atoms with E-state index >= 15 is 0 Å². The molecule has 0 radical (unpaired) electrons. The third-order valence-corrected chi connectivity index (χ3v) is 6.42. The van der Waals surface area contributed by atoms with Gasteiger partial charge in [-0.25, -0.2) is 0 Å². The van der Waals surface area contributed by atoms with Crippen molar-refractivity contribution in [2.75, 3.05) is 18.5 Å². The van der Waals surface area contributed by atoms with E-state index < -0.39 is 11.6 Å². The lowest BCUT2D eigenvalue weighted by atomic mass is 9.69. The predicted molar refractivity (Wildman–Crippen MR) is 119 cm³/mol. The van der Waals surface area contributed by atoms with Gasteiger partial charge in [0, 0.05) is 23.3 Å². The summed E-state index contributed by atoms with van der Waals surface area (Å²) in [5.41, 5.74) is 2.50. The summed E-state index contributed by atoms with van der Waals surface area (Å²) in [6.07, 6.45) is -0.825. The number of carbonyl (C=O) groups is 2. The Bertz CT molecular complexity index is 1180. The zero-order valence-corrected chi connectivity index (χ0v) is 18.0. The highest BCUT2D eigenvalue weighted by Gasteiger charge is 2.66. The van der Waals surface area contributed by atoms with Crippen LogP contribution < -0.4 is 9.64 Å². The topological polar surface area (TPSA) is 49.9 Å². The fourth-order valence-corrected chi connectivity index (χ4v) is 4.76. The van der Waals surface area contributed by atoms with E-state index in [1.54, 1.807) is 22.9 Å². The van der Waals surface area contributed by atoms with Gasteiger partial charge in [-0.2, -0.15) is 0 Å². The first-order chi connectivity index (χ1) is 14.9. The predicted octanol–water partition coefficient (Wildman–Crippen LogP) is 4.16. The first kappa shape index (κ1) is 19.6. The Morgan fingerprint density at radius 2 is 1.71 bits per heavy atom. The van der Waals surface area contributed by atoms with E-state index in [1.165, 1.54) is 0 Å². The molecule has 1 saturated heterocycles. The van der Waals surface area contributed by atoms with E-state index in [4.69, 9.17) is 16.3 Å². The summed E-state index contributed by atoms with van der Waals surface area (Å²) < 4.78 is 6.30. The van der Waals surface area contributed by atoms with E-state index in [1.807, 2.05) is 73.7 Å². The van der Waals surface area contributed by atoms with Gasteiger partial charge in [0.25, 0.3) is 5.91 Å². The highest BCUT2D eigenvalue weighted by molar-refractivity contribution is 6.30. The van der Waals surface area contributed by atoms with Gasteiger partial charge in [0.2, 0.25) is 12.0 Å². The largest absolute Gasteiger partial charge is 0.477 e. The number of aryl methyl sites for hydroxylation is 1. The molecule has 3 aromatic rings. The minimum atomic E-state index is -0.968. The summed E-state index contributed by atoms with van der Waals surface area (Å²) in [5, 5.41) is 0.533. The van der Waals surface area contributed by atoms with Crippen molar-refractivity contribution in [3.8, 4) is 5.75 Å². The second-order valence-electron chi connectivity index (χ2n) is 7.98.